The van der Waals surface area contributed by atoms with E-state index in [9.17, 15) is 0 Å². The summed E-state index contributed by atoms with van der Waals surface area (Å²) < 4.78 is 1.72. The fraction of sp³-hybridized carbons (Fsp3) is 0.267. The number of rotatable bonds is 2. The minimum absolute atomic E-state index is 0.277. The topological polar surface area (TPSA) is 55.1 Å². The number of halogens is 2. The monoisotopic (exact) mass is 333 g/mol. The predicted molar refractivity (Wildman–Crippen MR) is 86.8 cm³/mol. The maximum atomic E-state index is 6.10. The third-order valence-electron chi connectivity index (χ3n) is 3.91. The number of nitrogens with zero attached hydrogens (tertiary/aromatic N) is 4. The molecule has 7 heteroatoms. The van der Waals surface area contributed by atoms with E-state index in [-0.39, 0.29) is 6.04 Å². The molecular weight excluding hydrogens is 321 g/mol. The molecule has 4 rings (SSSR count). The van der Waals surface area contributed by atoms with Crippen LogP contribution in [0.1, 0.15) is 16.8 Å². The highest BCUT2D eigenvalue weighted by atomic mass is 35.5. The number of nitrogens with one attached hydrogen (secondary N) is 1. The van der Waals surface area contributed by atoms with Crippen LogP contribution in [-0.2, 0) is 12.8 Å². The van der Waals surface area contributed by atoms with Crippen LogP contribution in [0.3, 0.4) is 0 Å². The summed E-state index contributed by atoms with van der Waals surface area (Å²) in [7, 11) is 0. The molecule has 2 aromatic heterocycles. The first-order chi connectivity index (χ1) is 10.6. The molecule has 0 aliphatic heterocycles. The van der Waals surface area contributed by atoms with Crippen molar-refractivity contribution in [2.24, 2.45) is 0 Å². The SMILES string of the molecule is Cc1cc(NC2Cc3cc(Cl)c(Cl)cc3C2)n2ncnc2n1. The Morgan fingerprint density at radius 3 is 2.50 bits per heavy atom. The van der Waals surface area contributed by atoms with E-state index in [2.05, 4.69) is 20.4 Å². The third-order valence-corrected chi connectivity index (χ3v) is 4.63. The molecule has 0 radical (unpaired) electrons. The Morgan fingerprint density at radius 1 is 1.14 bits per heavy atom. The van der Waals surface area contributed by atoms with E-state index in [4.69, 9.17) is 23.2 Å². The lowest BCUT2D eigenvalue weighted by molar-refractivity contribution is 0.756. The van der Waals surface area contributed by atoms with Crippen LogP contribution in [0.25, 0.3) is 5.78 Å². The average molecular weight is 334 g/mol. The van der Waals surface area contributed by atoms with E-state index in [1.807, 2.05) is 25.1 Å². The number of anilines is 1. The minimum atomic E-state index is 0.277. The summed E-state index contributed by atoms with van der Waals surface area (Å²) in [5, 5.41) is 8.97. The Labute approximate surface area is 137 Å². The van der Waals surface area contributed by atoms with Gasteiger partial charge in [0, 0.05) is 17.8 Å². The Balaban J connectivity index is 1.63. The quantitative estimate of drug-likeness (QED) is 0.781. The van der Waals surface area contributed by atoms with Crippen LogP contribution in [0.2, 0.25) is 10.0 Å². The Morgan fingerprint density at radius 2 is 1.82 bits per heavy atom. The first kappa shape index (κ1) is 13.8. The summed E-state index contributed by atoms with van der Waals surface area (Å²) in [5.74, 6) is 1.50. The largest absolute Gasteiger partial charge is 0.366 e. The lowest BCUT2D eigenvalue weighted by Gasteiger charge is -2.14. The molecule has 0 unspecified atom stereocenters. The lowest BCUT2D eigenvalue weighted by Crippen LogP contribution is -2.21. The van der Waals surface area contributed by atoms with Gasteiger partial charge in [-0.3, -0.25) is 0 Å². The second-order valence-electron chi connectivity index (χ2n) is 5.54. The van der Waals surface area contributed by atoms with E-state index in [1.54, 1.807) is 4.52 Å². The molecule has 112 valence electrons. The van der Waals surface area contributed by atoms with Crippen LogP contribution in [0.5, 0.6) is 0 Å². The predicted octanol–water partition coefficient (Wildman–Crippen LogP) is 3.32. The van der Waals surface area contributed by atoms with Gasteiger partial charge in [0.25, 0.3) is 5.78 Å². The number of hydrogen-bond donors (Lipinski definition) is 1. The summed E-state index contributed by atoms with van der Waals surface area (Å²) in [5.41, 5.74) is 3.39. The molecule has 2 heterocycles. The zero-order chi connectivity index (χ0) is 15.3. The first-order valence-corrected chi connectivity index (χ1v) is 7.76. The van der Waals surface area contributed by atoms with Gasteiger partial charge in [0.15, 0.2) is 0 Å². The minimum Gasteiger partial charge on any atom is -0.366 e. The lowest BCUT2D eigenvalue weighted by atomic mass is 10.1. The Bertz CT molecular complexity index is 843. The van der Waals surface area contributed by atoms with Gasteiger partial charge in [0.2, 0.25) is 0 Å². The van der Waals surface area contributed by atoms with Crippen LogP contribution in [0.15, 0.2) is 24.5 Å². The maximum Gasteiger partial charge on any atom is 0.254 e. The van der Waals surface area contributed by atoms with Crippen LogP contribution in [0, 0.1) is 6.92 Å². The van der Waals surface area contributed by atoms with Gasteiger partial charge >= 0.3 is 0 Å². The van der Waals surface area contributed by atoms with Crippen LogP contribution in [0.4, 0.5) is 5.82 Å². The van der Waals surface area contributed by atoms with E-state index in [0.717, 1.165) is 24.4 Å². The zero-order valence-electron chi connectivity index (χ0n) is 11.8. The van der Waals surface area contributed by atoms with Gasteiger partial charge in [0.1, 0.15) is 12.1 Å². The Hall–Kier alpha value is -1.85. The molecule has 1 aliphatic carbocycles. The number of hydrogen-bond acceptors (Lipinski definition) is 4. The molecule has 5 nitrogen and oxygen atoms in total. The van der Waals surface area contributed by atoms with Gasteiger partial charge in [-0.2, -0.15) is 14.6 Å². The van der Waals surface area contributed by atoms with E-state index >= 15 is 0 Å². The first-order valence-electron chi connectivity index (χ1n) is 7.01. The van der Waals surface area contributed by atoms with Crippen LogP contribution in [-0.4, -0.2) is 25.6 Å². The zero-order valence-corrected chi connectivity index (χ0v) is 13.4. The van der Waals surface area contributed by atoms with E-state index in [0.29, 0.717) is 15.8 Å². The van der Waals surface area contributed by atoms with Gasteiger partial charge in [-0.1, -0.05) is 23.2 Å². The number of aryl methyl sites for hydroxylation is 1. The van der Waals surface area contributed by atoms with Crippen LogP contribution >= 0.6 is 23.2 Å². The molecule has 22 heavy (non-hydrogen) atoms. The summed E-state index contributed by atoms with van der Waals surface area (Å²) in [6.45, 7) is 1.95. The average Bonchev–Trinajstić information content (AvgIpc) is 3.05. The maximum absolute atomic E-state index is 6.10. The van der Waals surface area contributed by atoms with Crippen molar-refractivity contribution in [3.8, 4) is 0 Å². The second kappa shape index (κ2) is 5.11. The summed E-state index contributed by atoms with van der Waals surface area (Å²) in [6.07, 6.45) is 3.32. The van der Waals surface area contributed by atoms with Crippen molar-refractivity contribution in [2.75, 3.05) is 5.32 Å². The van der Waals surface area contributed by atoms with E-state index < -0.39 is 0 Å². The normalized spacial score (nSPS) is 14.5. The molecule has 0 bridgehead atoms. The molecule has 1 aromatic carbocycles. The van der Waals surface area contributed by atoms with Crippen LogP contribution < -0.4 is 5.32 Å². The van der Waals surface area contributed by atoms with Crippen molar-refractivity contribution in [2.45, 2.75) is 25.8 Å². The van der Waals surface area contributed by atoms with Crippen molar-refractivity contribution in [3.63, 3.8) is 0 Å². The van der Waals surface area contributed by atoms with E-state index in [1.165, 1.54) is 17.5 Å². The van der Waals surface area contributed by atoms with Crippen molar-refractivity contribution >= 4 is 34.8 Å². The fourth-order valence-electron chi connectivity index (χ4n) is 2.96. The summed E-state index contributed by atoms with van der Waals surface area (Å²) in [6, 6.07) is 6.18. The van der Waals surface area contributed by atoms with Crippen molar-refractivity contribution in [1.29, 1.82) is 0 Å². The van der Waals surface area contributed by atoms with Gasteiger partial charge < -0.3 is 5.32 Å². The number of fused-ring (bicyclic) bond motifs is 2. The summed E-state index contributed by atoms with van der Waals surface area (Å²) in [4.78, 5) is 8.49. The highest BCUT2D eigenvalue weighted by Gasteiger charge is 2.23. The smallest absolute Gasteiger partial charge is 0.254 e. The molecule has 0 spiro atoms. The molecule has 0 saturated heterocycles. The van der Waals surface area contributed by atoms with Gasteiger partial charge in [-0.15, -0.1) is 0 Å². The van der Waals surface area contributed by atoms with Gasteiger partial charge in [0.05, 0.1) is 10.0 Å². The molecular formula is C15H13Cl2N5. The molecule has 0 atom stereocenters. The van der Waals surface area contributed by atoms with Crippen molar-refractivity contribution in [3.05, 3.63) is 51.4 Å². The van der Waals surface area contributed by atoms with Crippen molar-refractivity contribution < 1.29 is 0 Å². The molecule has 0 fully saturated rings. The molecule has 1 N–H and O–H groups in total. The number of aromatic nitrogens is 4. The fourth-order valence-corrected chi connectivity index (χ4v) is 3.33. The highest BCUT2D eigenvalue weighted by Crippen LogP contribution is 2.32. The van der Waals surface area contributed by atoms with Gasteiger partial charge in [-0.05, 0) is 43.0 Å². The standard InChI is InChI=1S/C15H13Cl2N5/c1-8-2-14(22-15(20-8)18-7-19-22)21-11-3-9-5-12(16)13(17)6-10(9)4-11/h2,5-7,11,21H,3-4H2,1H3. The third kappa shape index (κ3) is 2.30. The van der Waals surface area contributed by atoms with Gasteiger partial charge in [-0.25, -0.2) is 4.98 Å². The Kier molecular flexibility index (Phi) is 3.20. The molecule has 0 saturated carbocycles. The molecule has 0 amide bonds. The number of benzene rings is 1. The highest BCUT2D eigenvalue weighted by molar-refractivity contribution is 6.42. The van der Waals surface area contributed by atoms with Crippen molar-refractivity contribution in [1.82, 2.24) is 19.6 Å². The molecule has 3 aromatic rings. The molecule has 1 aliphatic rings. The summed E-state index contributed by atoms with van der Waals surface area (Å²) >= 11 is 12.2. The second-order valence-corrected chi connectivity index (χ2v) is 6.35.